The highest BCUT2D eigenvalue weighted by atomic mass is 35.5. The molecular formula is C68H83ClN18O7. The topological polar surface area (TPSA) is 314 Å². The van der Waals surface area contributed by atoms with Gasteiger partial charge >= 0.3 is 0 Å². The molecule has 2 aliphatic carbocycles. The highest BCUT2D eigenvalue weighted by molar-refractivity contribution is 6.43. The van der Waals surface area contributed by atoms with E-state index >= 15 is 0 Å². The minimum absolute atomic E-state index is 0.0000685. The summed E-state index contributed by atoms with van der Waals surface area (Å²) in [4.78, 5) is 120. The fraction of sp³-hybridized carbons (Fsp3) is 0.456. The summed E-state index contributed by atoms with van der Waals surface area (Å²) in [6, 6.07) is 18.4. The van der Waals surface area contributed by atoms with Crippen LogP contribution in [0.3, 0.4) is 0 Å². The summed E-state index contributed by atoms with van der Waals surface area (Å²) >= 11 is 5.79. The Kier molecular flexibility index (Phi) is 23.1. The first-order chi connectivity index (χ1) is 45.5. The summed E-state index contributed by atoms with van der Waals surface area (Å²) in [5.41, 5.74) is 13.0. The van der Waals surface area contributed by atoms with Crippen molar-refractivity contribution in [3.05, 3.63) is 161 Å². The molecule has 0 radical (unpaired) electrons. The number of pyridine rings is 5. The quantitative estimate of drug-likeness (QED) is 0.0672. The molecule has 2 amide bonds. The minimum Gasteiger partial charge on any atom is -0.350 e. The number of fused-ring (bicyclic) bond motifs is 7. The SMILES string of the molecule is CCCCN1C(=O)C(=O)Cc2ncccc21.CCCCn1c(=O)c(CN)nc2ncccc21.CCCCn1c(=O)c(CNC(=O)C2(C)CC2)nc2ncccc21.CCCCn1c(=O)c(Cl)nc2ncccc21.CCCCn1c(=O)c2nnc(C3(C)CC3)n2c2ncccc21. The summed E-state index contributed by atoms with van der Waals surface area (Å²) < 4.78 is 8.74. The van der Waals surface area contributed by atoms with E-state index in [-0.39, 0.29) is 69.4 Å². The van der Waals surface area contributed by atoms with E-state index in [4.69, 9.17) is 17.3 Å². The lowest BCUT2D eigenvalue weighted by molar-refractivity contribution is -0.136. The lowest BCUT2D eigenvalue weighted by Gasteiger charge is -2.27. The number of hydrogen-bond acceptors (Lipinski definition) is 18. The Labute approximate surface area is 548 Å². The molecule has 3 aliphatic rings. The van der Waals surface area contributed by atoms with Gasteiger partial charge in [-0.15, -0.1) is 10.2 Å². The van der Waals surface area contributed by atoms with E-state index in [0.717, 1.165) is 129 Å². The largest absolute Gasteiger partial charge is 0.350 e. The van der Waals surface area contributed by atoms with Gasteiger partial charge in [-0.2, -0.15) is 0 Å². The molecule has 0 spiro atoms. The molecule has 0 saturated heterocycles. The van der Waals surface area contributed by atoms with Crippen molar-refractivity contribution in [1.82, 2.24) is 78.1 Å². The first-order valence-corrected chi connectivity index (χ1v) is 33.0. The molecule has 3 N–H and O–H groups in total. The van der Waals surface area contributed by atoms with Gasteiger partial charge in [-0.3, -0.25) is 42.9 Å². The maximum absolute atomic E-state index is 12.8. The van der Waals surface area contributed by atoms with Gasteiger partial charge < -0.3 is 34.2 Å². The predicted octanol–water partition coefficient (Wildman–Crippen LogP) is 8.93. The van der Waals surface area contributed by atoms with Crippen LogP contribution < -0.4 is 38.2 Å². The summed E-state index contributed by atoms with van der Waals surface area (Å²) in [6.07, 6.45) is 22.3. The molecule has 2 fully saturated rings. The Morgan fingerprint density at radius 1 is 0.532 bits per heavy atom. The third-order valence-corrected chi connectivity index (χ3v) is 17.2. The van der Waals surface area contributed by atoms with Crippen molar-refractivity contribution in [1.29, 1.82) is 0 Å². The number of carbonyl (C=O) groups excluding carboxylic acids is 3. The van der Waals surface area contributed by atoms with Crippen LogP contribution in [0, 0.1) is 5.41 Å². The third-order valence-electron chi connectivity index (χ3n) is 17.0. The van der Waals surface area contributed by atoms with Gasteiger partial charge in [-0.25, -0.2) is 34.9 Å². The van der Waals surface area contributed by atoms with E-state index in [2.05, 4.69) is 96.9 Å². The Morgan fingerprint density at radius 2 is 0.989 bits per heavy atom. The van der Waals surface area contributed by atoms with Crippen LogP contribution in [-0.4, -0.2) is 96.9 Å². The van der Waals surface area contributed by atoms with E-state index in [9.17, 15) is 33.6 Å². The molecule has 0 bridgehead atoms. The molecular weight excluding hydrogens is 1220 g/mol. The molecule has 26 heteroatoms. The number of anilines is 1. The maximum Gasteiger partial charge on any atom is 0.296 e. The molecule has 94 heavy (non-hydrogen) atoms. The molecule has 494 valence electrons. The highest BCUT2D eigenvalue weighted by Gasteiger charge is 2.45. The maximum atomic E-state index is 12.8. The van der Waals surface area contributed by atoms with Crippen molar-refractivity contribution in [2.45, 2.75) is 189 Å². The molecule has 10 aromatic heterocycles. The van der Waals surface area contributed by atoms with Crippen molar-refractivity contribution >= 4 is 85.2 Å². The summed E-state index contributed by atoms with van der Waals surface area (Å²) in [6.45, 7) is 18.1. The number of ketones is 1. The molecule has 2 saturated carbocycles. The van der Waals surface area contributed by atoms with Crippen LogP contribution in [-0.2, 0) is 65.5 Å². The number of hydrogen-bond donors (Lipinski definition) is 2. The summed E-state index contributed by atoms with van der Waals surface area (Å²) in [5, 5.41) is 11.3. The van der Waals surface area contributed by atoms with Crippen molar-refractivity contribution in [3.63, 3.8) is 0 Å². The monoisotopic (exact) mass is 1300 g/mol. The zero-order chi connectivity index (χ0) is 67.1. The highest BCUT2D eigenvalue weighted by Crippen LogP contribution is 2.47. The van der Waals surface area contributed by atoms with Gasteiger partial charge in [0.25, 0.3) is 28.1 Å². The average Bonchev–Trinajstić information content (AvgIpc) is 1.56. The number of nitrogens with one attached hydrogen (secondary N) is 1. The molecule has 25 nitrogen and oxygen atoms in total. The number of amides is 2. The van der Waals surface area contributed by atoms with Gasteiger partial charge in [-0.1, -0.05) is 92.2 Å². The number of nitrogens with two attached hydrogens (primary N) is 1. The average molecular weight is 1300 g/mol. The van der Waals surface area contributed by atoms with Crippen LogP contribution in [0.5, 0.6) is 0 Å². The number of aryl methyl sites for hydroxylation is 4. The first kappa shape index (κ1) is 69.0. The van der Waals surface area contributed by atoms with Crippen molar-refractivity contribution in [2.24, 2.45) is 11.1 Å². The van der Waals surface area contributed by atoms with Crippen LogP contribution in [0.25, 0.3) is 50.3 Å². The van der Waals surface area contributed by atoms with Gasteiger partial charge in [0.2, 0.25) is 17.3 Å². The Morgan fingerprint density at radius 3 is 1.51 bits per heavy atom. The van der Waals surface area contributed by atoms with Gasteiger partial charge in [-0.05, 0) is 118 Å². The van der Waals surface area contributed by atoms with E-state index in [1.807, 2.05) is 53.8 Å². The normalized spacial score (nSPS) is 14.1. The minimum atomic E-state index is -0.394. The molecule has 0 aromatic carbocycles. The van der Waals surface area contributed by atoms with Gasteiger partial charge in [0.1, 0.15) is 17.2 Å². The Bertz CT molecular complexity index is 4610. The van der Waals surface area contributed by atoms with E-state index < -0.39 is 5.91 Å². The smallest absolute Gasteiger partial charge is 0.296 e. The first-order valence-electron chi connectivity index (χ1n) is 32.7. The fourth-order valence-corrected chi connectivity index (χ4v) is 10.9. The lowest BCUT2D eigenvalue weighted by Crippen LogP contribution is -2.42. The summed E-state index contributed by atoms with van der Waals surface area (Å²) in [5.74, 6) is 0.113. The number of nitrogens with zero attached hydrogens (tertiary/aromatic N) is 16. The van der Waals surface area contributed by atoms with Gasteiger partial charge in [0.15, 0.2) is 27.7 Å². The third kappa shape index (κ3) is 15.6. The van der Waals surface area contributed by atoms with E-state index in [1.54, 1.807) is 72.4 Å². The van der Waals surface area contributed by atoms with Crippen molar-refractivity contribution in [2.75, 3.05) is 11.4 Å². The van der Waals surface area contributed by atoms with Crippen LogP contribution >= 0.6 is 11.6 Å². The molecule has 13 rings (SSSR count). The number of carbonyl (C=O) groups is 3. The lowest BCUT2D eigenvalue weighted by atomic mass is 10.1. The fourth-order valence-electron chi connectivity index (χ4n) is 10.8. The summed E-state index contributed by atoms with van der Waals surface area (Å²) in [7, 11) is 0. The second-order valence-corrected chi connectivity index (χ2v) is 24.6. The second kappa shape index (κ2) is 31.5. The molecule has 10 aromatic rings. The number of rotatable bonds is 20. The van der Waals surface area contributed by atoms with Crippen LogP contribution in [0.15, 0.2) is 111 Å². The van der Waals surface area contributed by atoms with E-state index in [1.165, 1.54) is 0 Å². The second-order valence-electron chi connectivity index (χ2n) is 24.2. The Balaban J connectivity index is 0.000000140. The molecule has 0 atom stereocenters. The van der Waals surface area contributed by atoms with Gasteiger partial charge in [0, 0.05) is 81.1 Å². The number of Topliss-reactive ketones (excluding diaryl/α,β-unsaturated/α-hetero) is 1. The molecule has 0 unspecified atom stereocenters. The number of unbranched alkanes of at least 4 members (excludes halogenated alkanes) is 5. The molecule has 1 aliphatic heterocycles. The van der Waals surface area contributed by atoms with E-state index in [0.29, 0.717) is 72.4 Å². The van der Waals surface area contributed by atoms with Crippen LogP contribution in [0.4, 0.5) is 5.69 Å². The Hall–Kier alpha value is -9.36. The molecule has 11 heterocycles. The number of halogens is 1. The van der Waals surface area contributed by atoms with Crippen LogP contribution in [0.1, 0.15) is 161 Å². The standard InChI is InChI=1S/C17H22N4O2.C16H19N5O.C12H16N4O.C12H14N2O2.C11H12ClN3O/c1-3-4-10-21-13-6-5-9-18-14(13)20-12(15(21)22)11-19-16(23)17(2)7-8-17;1-3-4-10-20-11-6-5-9-17-12(11)21-13(14(20)22)18-19-15(21)16(2)7-8-16;1-2-3-7-16-10-5-4-6-14-11(10)15-9(8-13)12(16)17;1-2-3-7-14-10-5-4-6-13-9(10)8-11(15)12(14)16;1-2-3-7-15-8-5-4-6-13-10(8)14-9(12)11(15)16/h5-6,9H,3-4,7-8,10-11H2,1-2H3,(H,19,23);5-6,9H,3-4,7-8,10H2,1-2H3;4-6H,2-3,7-8,13H2,1H3;4-6H,2-3,7-8H2,1H3;4-6H,2-3,7H2,1H3. The number of aromatic nitrogens is 15. The zero-order valence-electron chi connectivity index (χ0n) is 54.7. The van der Waals surface area contributed by atoms with Crippen molar-refractivity contribution < 1.29 is 14.4 Å². The van der Waals surface area contributed by atoms with Crippen LogP contribution in [0.2, 0.25) is 5.15 Å². The zero-order valence-corrected chi connectivity index (χ0v) is 55.4. The van der Waals surface area contributed by atoms with Gasteiger partial charge in [0.05, 0.1) is 46.4 Å². The predicted molar refractivity (Wildman–Crippen MR) is 362 cm³/mol. The van der Waals surface area contributed by atoms with Crippen molar-refractivity contribution in [3.8, 4) is 0 Å².